The fraction of sp³-hybridized carbons (Fsp3) is 0.892. The Balaban J connectivity index is 4.30. The van der Waals surface area contributed by atoms with Crippen LogP contribution in [0.25, 0.3) is 0 Å². The molecule has 0 saturated carbocycles. The van der Waals surface area contributed by atoms with Crippen LogP contribution in [0.2, 0.25) is 0 Å². The van der Waals surface area contributed by atoms with E-state index in [1.807, 2.05) is 0 Å². The summed E-state index contributed by atoms with van der Waals surface area (Å²) in [6.45, 7) is 6.67. The molecule has 0 aliphatic carbocycles. The predicted octanol–water partition coefficient (Wildman–Crippen LogP) is 21.4. The first kappa shape index (κ1) is 68.9. The summed E-state index contributed by atoms with van der Waals surface area (Å²) < 4.78 is 16.9. The van der Waals surface area contributed by atoms with Gasteiger partial charge in [0.2, 0.25) is 0 Å². The third kappa shape index (κ3) is 58.7. The molecule has 6 heteroatoms. The van der Waals surface area contributed by atoms with Crippen molar-refractivity contribution in [3.05, 3.63) is 24.3 Å². The Labute approximate surface area is 443 Å². The molecule has 0 radical (unpaired) electrons. The highest BCUT2D eigenvalue weighted by Crippen LogP contribution is 2.18. The molecule has 0 rings (SSSR count). The van der Waals surface area contributed by atoms with Gasteiger partial charge in [-0.2, -0.15) is 0 Å². The number of esters is 3. The molecule has 0 amide bonds. The summed E-state index contributed by atoms with van der Waals surface area (Å²) >= 11 is 0. The maximum Gasteiger partial charge on any atom is 0.306 e. The summed E-state index contributed by atoms with van der Waals surface area (Å²) in [5.74, 6) is -0.857. The molecule has 0 aromatic carbocycles. The fourth-order valence-corrected chi connectivity index (χ4v) is 9.65. The highest BCUT2D eigenvalue weighted by atomic mass is 16.6. The average molecular weight is 1000 g/mol. The van der Waals surface area contributed by atoms with E-state index in [1.165, 1.54) is 238 Å². The van der Waals surface area contributed by atoms with Crippen LogP contribution < -0.4 is 0 Å². The van der Waals surface area contributed by atoms with Crippen LogP contribution in [-0.2, 0) is 28.6 Å². The first-order chi connectivity index (χ1) is 35.0. The van der Waals surface area contributed by atoms with E-state index in [9.17, 15) is 14.4 Å². The molecular formula is C65H122O6. The Morgan fingerprint density at radius 2 is 0.507 bits per heavy atom. The van der Waals surface area contributed by atoms with Crippen LogP contribution in [0, 0.1) is 0 Å². The standard InChI is InChI=1S/C65H122O6/c1-4-7-10-13-16-19-22-25-28-30-32-34-37-39-42-45-48-51-54-57-63(66)69-60-62(71-65(68)59-56-53-50-47-44-41-36-27-24-21-18-15-12-9-6-3)61-70-64(67)58-55-52-49-46-43-40-38-35-33-31-29-26-23-20-17-14-11-8-5-2/h18,21,27,36,62H,4-17,19-20,22-26,28-35,37-61H2,1-3H3/b21-18-,36-27-. The number of hydrogen-bond donors (Lipinski definition) is 0. The van der Waals surface area contributed by atoms with Gasteiger partial charge in [0.1, 0.15) is 13.2 Å². The third-order valence-electron chi connectivity index (χ3n) is 14.5. The Bertz CT molecular complexity index is 1090. The minimum atomic E-state index is -0.774. The topological polar surface area (TPSA) is 78.9 Å². The minimum Gasteiger partial charge on any atom is -0.462 e. The molecule has 0 spiro atoms. The second-order valence-corrected chi connectivity index (χ2v) is 21.7. The molecule has 71 heavy (non-hydrogen) atoms. The molecule has 0 aliphatic heterocycles. The van der Waals surface area contributed by atoms with Gasteiger partial charge in [-0.25, -0.2) is 0 Å². The molecule has 0 bridgehead atoms. The summed E-state index contributed by atoms with van der Waals surface area (Å²) in [7, 11) is 0. The summed E-state index contributed by atoms with van der Waals surface area (Å²) in [4.78, 5) is 38.3. The maximum atomic E-state index is 12.9. The smallest absolute Gasteiger partial charge is 0.306 e. The van der Waals surface area contributed by atoms with Gasteiger partial charge in [0, 0.05) is 19.3 Å². The van der Waals surface area contributed by atoms with Gasteiger partial charge in [-0.3, -0.25) is 14.4 Å². The molecule has 0 aromatic heterocycles. The predicted molar refractivity (Wildman–Crippen MR) is 307 cm³/mol. The van der Waals surface area contributed by atoms with E-state index >= 15 is 0 Å². The van der Waals surface area contributed by atoms with Crippen LogP contribution in [0.4, 0.5) is 0 Å². The van der Waals surface area contributed by atoms with Gasteiger partial charge >= 0.3 is 17.9 Å². The van der Waals surface area contributed by atoms with Gasteiger partial charge in [-0.05, 0) is 51.4 Å². The van der Waals surface area contributed by atoms with E-state index in [-0.39, 0.29) is 31.1 Å². The fourth-order valence-electron chi connectivity index (χ4n) is 9.65. The molecule has 0 heterocycles. The Morgan fingerprint density at radius 1 is 0.282 bits per heavy atom. The van der Waals surface area contributed by atoms with Crippen molar-refractivity contribution in [2.45, 2.75) is 361 Å². The Kier molecular flexibility index (Phi) is 58.6. The third-order valence-corrected chi connectivity index (χ3v) is 14.5. The summed E-state index contributed by atoms with van der Waals surface area (Å²) in [6.07, 6.45) is 71.8. The summed E-state index contributed by atoms with van der Waals surface area (Å²) in [5, 5.41) is 0. The van der Waals surface area contributed by atoms with Gasteiger partial charge in [-0.15, -0.1) is 0 Å². The molecule has 0 N–H and O–H groups in total. The number of carbonyl (C=O) groups is 3. The highest BCUT2D eigenvalue weighted by molar-refractivity contribution is 5.71. The largest absolute Gasteiger partial charge is 0.462 e. The van der Waals surface area contributed by atoms with Crippen LogP contribution >= 0.6 is 0 Å². The molecular weight excluding hydrogens is 877 g/mol. The van der Waals surface area contributed by atoms with Crippen molar-refractivity contribution in [2.24, 2.45) is 0 Å². The van der Waals surface area contributed by atoms with Crippen molar-refractivity contribution < 1.29 is 28.6 Å². The van der Waals surface area contributed by atoms with Crippen molar-refractivity contribution in [3.8, 4) is 0 Å². The van der Waals surface area contributed by atoms with Gasteiger partial charge in [-0.1, -0.05) is 308 Å². The van der Waals surface area contributed by atoms with E-state index in [4.69, 9.17) is 14.2 Å². The molecule has 0 fully saturated rings. The van der Waals surface area contributed by atoms with E-state index in [0.29, 0.717) is 19.3 Å². The van der Waals surface area contributed by atoms with Gasteiger partial charge in [0.05, 0.1) is 0 Å². The minimum absolute atomic E-state index is 0.0710. The lowest BCUT2D eigenvalue weighted by atomic mass is 10.0. The van der Waals surface area contributed by atoms with Crippen LogP contribution in [0.5, 0.6) is 0 Å². The first-order valence-corrected chi connectivity index (χ1v) is 31.8. The van der Waals surface area contributed by atoms with Gasteiger partial charge < -0.3 is 14.2 Å². The first-order valence-electron chi connectivity index (χ1n) is 31.8. The maximum absolute atomic E-state index is 12.9. The number of ether oxygens (including phenoxy) is 3. The molecule has 6 nitrogen and oxygen atoms in total. The van der Waals surface area contributed by atoms with Crippen LogP contribution in [-0.4, -0.2) is 37.2 Å². The van der Waals surface area contributed by atoms with Gasteiger partial charge in [0.15, 0.2) is 6.10 Å². The number of allylic oxidation sites excluding steroid dienone is 4. The quantitative estimate of drug-likeness (QED) is 0.0261. The normalized spacial score (nSPS) is 11.7. The lowest BCUT2D eigenvalue weighted by molar-refractivity contribution is -0.167. The van der Waals surface area contributed by atoms with Crippen LogP contribution in [0.1, 0.15) is 355 Å². The Morgan fingerprint density at radius 3 is 0.803 bits per heavy atom. The zero-order valence-corrected chi connectivity index (χ0v) is 48.0. The van der Waals surface area contributed by atoms with Crippen molar-refractivity contribution in [1.29, 1.82) is 0 Å². The summed E-state index contributed by atoms with van der Waals surface area (Å²) in [6, 6.07) is 0. The molecule has 0 aliphatic rings. The van der Waals surface area contributed by atoms with E-state index in [2.05, 4.69) is 45.1 Å². The molecule has 0 aromatic rings. The molecule has 0 unspecified atom stereocenters. The second-order valence-electron chi connectivity index (χ2n) is 21.7. The number of carbonyl (C=O) groups excluding carboxylic acids is 3. The molecule has 0 atom stereocenters. The van der Waals surface area contributed by atoms with Crippen LogP contribution in [0.3, 0.4) is 0 Å². The second kappa shape index (κ2) is 60.4. The Hall–Kier alpha value is -2.11. The molecule has 0 saturated heterocycles. The van der Waals surface area contributed by atoms with E-state index in [0.717, 1.165) is 77.0 Å². The van der Waals surface area contributed by atoms with E-state index in [1.54, 1.807) is 0 Å². The lowest BCUT2D eigenvalue weighted by Gasteiger charge is -2.18. The SMILES string of the molecule is CCCCC/C=C\C/C=C\CCCCCCCC(=O)OC(COC(=O)CCCCCCCCCCCCCCCCCCCCC)COC(=O)CCCCCCCCCCCCCCCCCCCCC. The molecule has 418 valence electrons. The lowest BCUT2D eigenvalue weighted by Crippen LogP contribution is -2.30. The number of unbranched alkanes of at least 4 members (excludes halogenated alkanes) is 44. The van der Waals surface area contributed by atoms with Gasteiger partial charge in [0.25, 0.3) is 0 Å². The van der Waals surface area contributed by atoms with Crippen molar-refractivity contribution in [1.82, 2.24) is 0 Å². The highest BCUT2D eigenvalue weighted by Gasteiger charge is 2.19. The summed E-state index contributed by atoms with van der Waals surface area (Å²) in [5.41, 5.74) is 0. The zero-order valence-electron chi connectivity index (χ0n) is 48.0. The van der Waals surface area contributed by atoms with E-state index < -0.39 is 6.10 Å². The zero-order chi connectivity index (χ0) is 51.4. The van der Waals surface area contributed by atoms with Crippen molar-refractivity contribution >= 4 is 17.9 Å². The van der Waals surface area contributed by atoms with Crippen LogP contribution in [0.15, 0.2) is 24.3 Å². The number of hydrogen-bond acceptors (Lipinski definition) is 6. The van der Waals surface area contributed by atoms with Crippen molar-refractivity contribution in [2.75, 3.05) is 13.2 Å². The monoisotopic (exact) mass is 999 g/mol. The number of rotatable bonds is 59. The van der Waals surface area contributed by atoms with Crippen molar-refractivity contribution in [3.63, 3.8) is 0 Å². The average Bonchev–Trinajstić information content (AvgIpc) is 3.37.